The maximum absolute atomic E-state index is 14.6. The van der Waals surface area contributed by atoms with Crippen LogP contribution < -0.4 is 4.74 Å². The van der Waals surface area contributed by atoms with Crippen LogP contribution in [0.5, 0.6) is 11.5 Å². The molecule has 44 heavy (non-hydrogen) atoms. The highest BCUT2D eigenvalue weighted by molar-refractivity contribution is 7.86. The summed E-state index contributed by atoms with van der Waals surface area (Å²) in [6.07, 6.45) is 0. The molecule has 0 aliphatic heterocycles. The predicted molar refractivity (Wildman–Crippen MR) is 166 cm³/mol. The van der Waals surface area contributed by atoms with Crippen LogP contribution in [-0.2, 0) is 14.9 Å². The molecular formula is C37H25O6S-. The van der Waals surface area contributed by atoms with Crippen molar-refractivity contribution in [2.45, 2.75) is 22.6 Å². The van der Waals surface area contributed by atoms with Crippen molar-refractivity contribution < 1.29 is 27.6 Å². The number of phenols is 1. The third kappa shape index (κ3) is 3.97. The molecule has 0 heterocycles. The number of ether oxygens (including phenoxy) is 1. The van der Waals surface area contributed by atoms with Crippen LogP contribution in [0.2, 0.25) is 0 Å². The van der Waals surface area contributed by atoms with E-state index in [4.69, 9.17) is 4.74 Å². The highest BCUT2D eigenvalue weighted by atomic mass is 32.2. The third-order valence-electron chi connectivity index (χ3n) is 9.29. The molecule has 6 aromatic rings. The molecule has 0 amide bonds. The van der Waals surface area contributed by atoms with Gasteiger partial charge in [0.2, 0.25) is 0 Å². The Hall–Kier alpha value is -4.98. The van der Waals surface area contributed by atoms with Crippen LogP contribution in [0.3, 0.4) is 0 Å². The fourth-order valence-corrected chi connectivity index (χ4v) is 8.26. The van der Waals surface area contributed by atoms with Gasteiger partial charge in [-0.25, -0.2) is 8.42 Å². The molecule has 9 rings (SSSR count). The van der Waals surface area contributed by atoms with Gasteiger partial charge in [-0.1, -0.05) is 97.1 Å². The molecular weight excluding hydrogens is 572 g/mol. The van der Waals surface area contributed by atoms with Crippen molar-refractivity contribution in [2.75, 3.05) is 0 Å². The lowest BCUT2D eigenvalue weighted by Gasteiger charge is -2.50. The average molecular weight is 598 g/mol. The lowest BCUT2D eigenvalue weighted by molar-refractivity contribution is -0.141. The number of hydrogen-bond donors (Lipinski definition) is 1. The minimum atomic E-state index is -4.75. The molecule has 6 nitrogen and oxygen atoms in total. The standard InChI is InChI=1S/C37H26O6S/c38-30-20-22-10-2-1-9-21(22)19-29(30)35-33-25-13-5-7-15-27(25)34(28-16-8-6-14-26(28)33)36(35)37(39)43-31-17-18-32(44(40,41)42)24-12-4-3-11-23(24)31/h1-20,33-36,38H,(H,40,41,42)/p-1. The van der Waals surface area contributed by atoms with Gasteiger partial charge in [0.1, 0.15) is 21.6 Å². The maximum atomic E-state index is 14.6. The highest BCUT2D eigenvalue weighted by Crippen LogP contribution is 2.63. The van der Waals surface area contributed by atoms with E-state index in [0.29, 0.717) is 10.9 Å². The number of fused-ring (bicyclic) bond motifs is 3. The molecule has 1 N–H and O–H groups in total. The molecule has 0 spiro atoms. The second kappa shape index (κ2) is 9.77. The molecule has 6 aromatic carbocycles. The second-order valence-corrected chi connectivity index (χ2v) is 12.9. The molecule has 2 bridgehead atoms. The quantitative estimate of drug-likeness (QED) is 0.131. The van der Waals surface area contributed by atoms with Crippen molar-refractivity contribution >= 4 is 37.6 Å². The van der Waals surface area contributed by atoms with Crippen molar-refractivity contribution in [3.05, 3.63) is 149 Å². The number of esters is 1. The van der Waals surface area contributed by atoms with Crippen LogP contribution in [0.15, 0.2) is 126 Å². The van der Waals surface area contributed by atoms with Gasteiger partial charge in [0, 0.05) is 28.5 Å². The molecule has 7 heteroatoms. The van der Waals surface area contributed by atoms with Gasteiger partial charge >= 0.3 is 5.97 Å². The maximum Gasteiger partial charge on any atom is 0.315 e. The number of rotatable bonds is 4. The minimum absolute atomic E-state index is 0.115. The van der Waals surface area contributed by atoms with Crippen molar-refractivity contribution in [1.29, 1.82) is 0 Å². The first kappa shape index (κ1) is 26.6. The first-order chi connectivity index (χ1) is 21.3. The number of benzene rings is 6. The molecule has 2 unspecified atom stereocenters. The van der Waals surface area contributed by atoms with E-state index >= 15 is 0 Å². The zero-order valence-electron chi connectivity index (χ0n) is 23.3. The molecule has 0 saturated carbocycles. The lowest BCUT2D eigenvalue weighted by atomic mass is 9.52. The van der Waals surface area contributed by atoms with Crippen LogP contribution in [0.1, 0.15) is 45.6 Å². The summed E-state index contributed by atoms with van der Waals surface area (Å²) in [5.41, 5.74) is 5.00. The van der Waals surface area contributed by atoms with Crippen molar-refractivity contribution in [3.63, 3.8) is 0 Å². The minimum Gasteiger partial charge on any atom is -0.744 e. The average Bonchev–Trinajstić information content (AvgIpc) is 3.03. The van der Waals surface area contributed by atoms with E-state index in [1.165, 1.54) is 18.2 Å². The van der Waals surface area contributed by atoms with Gasteiger partial charge < -0.3 is 14.4 Å². The fraction of sp³-hybridized carbons (Fsp3) is 0.108. The molecule has 216 valence electrons. The van der Waals surface area contributed by atoms with E-state index < -0.39 is 27.9 Å². The van der Waals surface area contributed by atoms with Gasteiger partial charge in [0.15, 0.2) is 0 Å². The molecule has 0 saturated heterocycles. The normalized spacial score (nSPS) is 20.3. The van der Waals surface area contributed by atoms with Gasteiger partial charge in [-0.3, -0.25) is 4.79 Å². The Morgan fingerprint density at radius 3 is 1.77 bits per heavy atom. The zero-order chi connectivity index (χ0) is 30.2. The van der Waals surface area contributed by atoms with Crippen LogP contribution >= 0.6 is 0 Å². The van der Waals surface area contributed by atoms with Crippen molar-refractivity contribution in [3.8, 4) is 11.5 Å². The highest BCUT2D eigenvalue weighted by Gasteiger charge is 2.54. The van der Waals surface area contributed by atoms with E-state index in [9.17, 15) is 22.9 Å². The second-order valence-electron chi connectivity index (χ2n) is 11.5. The smallest absolute Gasteiger partial charge is 0.315 e. The van der Waals surface area contributed by atoms with Crippen LogP contribution in [0.4, 0.5) is 0 Å². The van der Waals surface area contributed by atoms with Crippen LogP contribution in [-0.4, -0.2) is 24.0 Å². The summed E-state index contributed by atoms with van der Waals surface area (Å²) < 4.78 is 42.1. The van der Waals surface area contributed by atoms with Crippen molar-refractivity contribution in [2.24, 2.45) is 5.92 Å². The van der Waals surface area contributed by atoms with E-state index in [1.807, 2.05) is 54.6 Å². The van der Waals surface area contributed by atoms with E-state index in [0.717, 1.165) is 33.0 Å². The molecule has 0 aromatic heterocycles. The van der Waals surface area contributed by atoms with E-state index in [2.05, 4.69) is 24.3 Å². The van der Waals surface area contributed by atoms with Gasteiger partial charge in [-0.05, 0) is 62.9 Å². The molecule has 2 atom stereocenters. The third-order valence-corrected chi connectivity index (χ3v) is 10.2. The summed E-state index contributed by atoms with van der Waals surface area (Å²) in [6.45, 7) is 0. The predicted octanol–water partition coefficient (Wildman–Crippen LogP) is 7.20. The first-order valence-corrected chi connectivity index (χ1v) is 15.8. The Kier molecular flexibility index (Phi) is 5.92. The van der Waals surface area contributed by atoms with E-state index in [-0.39, 0.29) is 33.6 Å². The van der Waals surface area contributed by atoms with Gasteiger partial charge in [0.25, 0.3) is 0 Å². The van der Waals surface area contributed by atoms with Crippen molar-refractivity contribution in [1.82, 2.24) is 0 Å². The SMILES string of the molecule is O=C(Oc1ccc(S(=O)(=O)[O-])c2ccccc12)C1C2c3ccccc3C(c3ccccc32)C1c1cc2ccccc2cc1O. The Morgan fingerprint density at radius 1 is 0.636 bits per heavy atom. The van der Waals surface area contributed by atoms with E-state index in [1.54, 1.807) is 24.3 Å². The summed E-state index contributed by atoms with van der Waals surface area (Å²) in [7, 11) is -4.75. The monoisotopic (exact) mass is 597 g/mol. The molecule has 3 aliphatic rings. The van der Waals surface area contributed by atoms with Gasteiger partial charge in [-0.15, -0.1) is 0 Å². The summed E-state index contributed by atoms with van der Waals surface area (Å²) in [6, 6.07) is 36.9. The number of carbonyl (C=O) groups excluding carboxylic acids is 1. The largest absolute Gasteiger partial charge is 0.744 e. The Morgan fingerprint density at radius 2 is 1.16 bits per heavy atom. The van der Waals surface area contributed by atoms with Crippen LogP contribution in [0, 0.1) is 5.92 Å². The number of aromatic hydroxyl groups is 1. The first-order valence-electron chi connectivity index (χ1n) is 14.4. The Bertz CT molecular complexity index is 2210. The Balaban J connectivity index is 1.33. The molecule has 3 aliphatic carbocycles. The molecule has 0 radical (unpaired) electrons. The number of hydrogen-bond acceptors (Lipinski definition) is 6. The summed E-state index contributed by atoms with van der Waals surface area (Å²) in [5.74, 6) is -1.94. The Labute approximate surface area is 253 Å². The topological polar surface area (TPSA) is 104 Å². The zero-order valence-corrected chi connectivity index (χ0v) is 24.1. The summed E-state index contributed by atoms with van der Waals surface area (Å²) in [5, 5.41) is 13.9. The fourth-order valence-electron chi connectivity index (χ4n) is 7.57. The van der Waals surface area contributed by atoms with Gasteiger partial charge in [0.05, 0.1) is 10.8 Å². The van der Waals surface area contributed by atoms with Gasteiger partial charge in [-0.2, -0.15) is 0 Å². The van der Waals surface area contributed by atoms with Crippen LogP contribution in [0.25, 0.3) is 21.5 Å². The number of phenolic OH excluding ortho intramolecular Hbond substituents is 1. The summed E-state index contributed by atoms with van der Waals surface area (Å²) in [4.78, 5) is 14.2. The lowest BCUT2D eigenvalue weighted by Crippen LogP contribution is -2.43. The summed E-state index contributed by atoms with van der Waals surface area (Å²) >= 11 is 0. The number of carbonyl (C=O) groups is 1. The molecule has 0 fully saturated rings.